The zero-order valence-corrected chi connectivity index (χ0v) is 11.2. The van der Waals surface area contributed by atoms with Crippen molar-refractivity contribution in [3.8, 4) is 11.3 Å². The SMILES string of the molecule is CC1(c2onc(N)c2-c2ccccn2)CCCCC1. The Morgan fingerprint density at radius 3 is 2.68 bits per heavy atom. The van der Waals surface area contributed by atoms with Crippen LogP contribution < -0.4 is 5.73 Å². The van der Waals surface area contributed by atoms with E-state index in [0.717, 1.165) is 29.9 Å². The molecule has 1 saturated carbocycles. The summed E-state index contributed by atoms with van der Waals surface area (Å²) in [5.41, 5.74) is 7.76. The van der Waals surface area contributed by atoms with Gasteiger partial charge < -0.3 is 10.3 Å². The molecule has 1 fully saturated rings. The molecule has 0 spiro atoms. The fourth-order valence-electron chi connectivity index (χ4n) is 3.03. The van der Waals surface area contributed by atoms with Gasteiger partial charge in [-0.05, 0) is 25.0 Å². The number of hydrogen-bond acceptors (Lipinski definition) is 4. The van der Waals surface area contributed by atoms with Gasteiger partial charge in [0.25, 0.3) is 0 Å². The van der Waals surface area contributed by atoms with Crippen LogP contribution in [0.4, 0.5) is 5.82 Å². The van der Waals surface area contributed by atoms with Crippen molar-refractivity contribution in [1.82, 2.24) is 10.1 Å². The number of nitrogens with two attached hydrogens (primary N) is 1. The highest BCUT2D eigenvalue weighted by Crippen LogP contribution is 2.44. The highest BCUT2D eigenvalue weighted by atomic mass is 16.5. The molecule has 0 amide bonds. The van der Waals surface area contributed by atoms with Crippen molar-refractivity contribution in [3.63, 3.8) is 0 Å². The third-order valence-corrected chi connectivity index (χ3v) is 4.14. The lowest BCUT2D eigenvalue weighted by Gasteiger charge is -2.31. The monoisotopic (exact) mass is 257 g/mol. The average molecular weight is 257 g/mol. The van der Waals surface area contributed by atoms with Crippen LogP contribution in [0.5, 0.6) is 0 Å². The molecular weight excluding hydrogens is 238 g/mol. The smallest absolute Gasteiger partial charge is 0.176 e. The average Bonchev–Trinajstić information content (AvgIpc) is 2.83. The Morgan fingerprint density at radius 1 is 1.21 bits per heavy atom. The maximum Gasteiger partial charge on any atom is 0.176 e. The minimum absolute atomic E-state index is 0.0374. The Balaban J connectivity index is 2.08. The first-order valence-corrected chi connectivity index (χ1v) is 6.88. The minimum atomic E-state index is 0.0374. The molecule has 0 radical (unpaired) electrons. The van der Waals surface area contributed by atoms with Crippen LogP contribution in [0.15, 0.2) is 28.9 Å². The van der Waals surface area contributed by atoms with E-state index in [9.17, 15) is 0 Å². The molecule has 0 unspecified atom stereocenters. The third-order valence-electron chi connectivity index (χ3n) is 4.14. The number of nitrogen functional groups attached to an aromatic ring is 1. The van der Waals surface area contributed by atoms with Gasteiger partial charge in [0.15, 0.2) is 11.6 Å². The molecule has 0 atom stereocenters. The van der Waals surface area contributed by atoms with Crippen molar-refractivity contribution in [2.24, 2.45) is 0 Å². The van der Waals surface area contributed by atoms with E-state index >= 15 is 0 Å². The van der Waals surface area contributed by atoms with E-state index in [2.05, 4.69) is 17.1 Å². The first-order chi connectivity index (χ1) is 9.21. The fraction of sp³-hybridized carbons (Fsp3) is 0.467. The molecule has 19 heavy (non-hydrogen) atoms. The van der Waals surface area contributed by atoms with Crippen LogP contribution in [-0.4, -0.2) is 10.1 Å². The first kappa shape index (κ1) is 12.2. The van der Waals surface area contributed by atoms with Crippen LogP contribution in [0.2, 0.25) is 0 Å². The molecule has 100 valence electrons. The second kappa shape index (κ2) is 4.68. The second-order valence-corrected chi connectivity index (χ2v) is 5.61. The van der Waals surface area contributed by atoms with Gasteiger partial charge in [-0.25, -0.2) is 0 Å². The zero-order valence-electron chi connectivity index (χ0n) is 11.2. The quantitative estimate of drug-likeness (QED) is 0.893. The molecule has 0 aromatic carbocycles. The van der Waals surface area contributed by atoms with Crippen LogP contribution >= 0.6 is 0 Å². The first-order valence-electron chi connectivity index (χ1n) is 6.88. The van der Waals surface area contributed by atoms with E-state index in [1.54, 1.807) is 6.20 Å². The standard InChI is InChI=1S/C15H19N3O/c1-15(8-4-2-5-9-15)13-12(14(16)18-19-13)11-7-3-6-10-17-11/h3,6-7,10H,2,4-5,8-9H2,1H3,(H2,16,18). The Hall–Kier alpha value is -1.84. The lowest BCUT2D eigenvalue weighted by Crippen LogP contribution is -2.25. The van der Waals surface area contributed by atoms with Gasteiger partial charge in [-0.1, -0.05) is 37.4 Å². The van der Waals surface area contributed by atoms with Gasteiger partial charge in [0, 0.05) is 11.6 Å². The van der Waals surface area contributed by atoms with Crippen molar-refractivity contribution in [3.05, 3.63) is 30.2 Å². The Bertz CT molecular complexity index is 556. The van der Waals surface area contributed by atoms with Gasteiger partial charge >= 0.3 is 0 Å². The predicted octanol–water partition coefficient (Wildman–Crippen LogP) is 3.54. The number of nitrogens with zero attached hydrogens (tertiary/aromatic N) is 2. The van der Waals surface area contributed by atoms with E-state index in [0.29, 0.717) is 5.82 Å². The van der Waals surface area contributed by atoms with Gasteiger partial charge in [-0.3, -0.25) is 4.98 Å². The summed E-state index contributed by atoms with van der Waals surface area (Å²) in [7, 11) is 0. The highest BCUT2D eigenvalue weighted by molar-refractivity contribution is 5.73. The van der Waals surface area contributed by atoms with E-state index in [1.807, 2.05) is 18.2 Å². The Labute approximate surface area is 113 Å². The highest BCUT2D eigenvalue weighted by Gasteiger charge is 2.36. The summed E-state index contributed by atoms with van der Waals surface area (Å²) in [6.07, 6.45) is 7.80. The molecule has 1 aliphatic carbocycles. The normalized spacial score (nSPS) is 18.4. The molecule has 2 aromatic rings. The van der Waals surface area contributed by atoms with Crippen LogP contribution in [0.3, 0.4) is 0 Å². The number of hydrogen-bond donors (Lipinski definition) is 1. The number of aromatic nitrogens is 2. The van der Waals surface area contributed by atoms with Crippen molar-refractivity contribution < 1.29 is 4.52 Å². The molecule has 0 aliphatic heterocycles. The zero-order chi connectivity index (χ0) is 13.3. The fourth-order valence-corrected chi connectivity index (χ4v) is 3.03. The van der Waals surface area contributed by atoms with E-state index < -0.39 is 0 Å². The van der Waals surface area contributed by atoms with Crippen molar-refractivity contribution in [1.29, 1.82) is 0 Å². The summed E-state index contributed by atoms with van der Waals surface area (Å²) in [4.78, 5) is 4.39. The summed E-state index contributed by atoms with van der Waals surface area (Å²) in [6, 6.07) is 5.82. The molecule has 2 aromatic heterocycles. The van der Waals surface area contributed by atoms with Crippen molar-refractivity contribution in [2.45, 2.75) is 44.4 Å². The van der Waals surface area contributed by atoms with Gasteiger partial charge in [0.2, 0.25) is 0 Å². The molecule has 2 N–H and O–H groups in total. The van der Waals surface area contributed by atoms with Gasteiger partial charge in [-0.2, -0.15) is 0 Å². The molecule has 1 aliphatic rings. The lowest BCUT2D eigenvalue weighted by molar-refractivity contribution is 0.242. The van der Waals surface area contributed by atoms with Crippen molar-refractivity contribution >= 4 is 5.82 Å². The van der Waals surface area contributed by atoms with Crippen LogP contribution in [-0.2, 0) is 5.41 Å². The molecule has 4 heteroatoms. The summed E-state index contributed by atoms with van der Waals surface area (Å²) >= 11 is 0. The lowest BCUT2D eigenvalue weighted by atomic mass is 9.72. The summed E-state index contributed by atoms with van der Waals surface area (Å²) in [5, 5.41) is 3.98. The Kier molecular flexibility index (Phi) is 3.01. The number of anilines is 1. The van der Waals surface area contributed by atoms with Gasteiger partial charge in [0.05, 0.1) is 11.3 Å². The van der Waals surface area contributed by atoms with Crippen LogP contribution in [0.25, 0.3) is 11.3 Å². The van der Waals surface area contributed by atoms with Gasteiger partial charge in [-0.15, -0.1) is 0 Å². The molecule has 0 saturated heterocycles. The largest absolute Gasteiger partial charge is 0.380 e. The Morgan fingerprint density at radius 2 is 2.00 bits per heavy atom. The van der Waals surface area contributed by atoms with E-state index in [-0.39, 0.29) is 5.41 Å². The summed E-state index contributed by atoms with van der Waals surface area (Å²) in [5.74, 6) is 1.35. The summed E-state index contributed by atoms with van der Waals surface area (Å²) < 4.78 is 5.58. The van der Waals surface area contributed by atoms with Crippen molar-refractivity contribution in [2.75, 3.05) is 5.73 Å². The van der Waals surface area contributed by atoms with Crippen LogP contribution in [0.1, 0.15) is 44.8 Å². The second-order valence-electron chi connectivity index (χ2n) is 5.61. The number of rotatable bonds is 2. The molecule has 2 heterocycles. The van der Waals surface area contributed by atoms with E-state index in [4.69, 9.17) is 10.3 Å². The maximum absolute atomic E-state index is 5.99. The predicted molar refractivity (Wildman–Crippen MR) is 74.6 cm³/mol. The number of pyridine rings is 1. The van der Waals surface area contributed by atoms with E-state index in [1.165, 1.54) is 19.3 Å². The summed E-state index contributed by atoms with van der Waals surface area (Å²) in [6.45, 7) is 2.25. The molecular formula is C15H19N3O. The minimum Gasteiger partial charge on any atom is -0.380 e. The maximum atomic E-state index is 5.99. The van der Waals surface area contributed by atoms with Crippen LogP contribution in [0, 0.1) is 0 Å². The topological polar surface area (TPSA) is 64.9 Å². The third kappa shape index (κ3) is 2.11. The van der Waals surface area contributed by atoms with Gasteiger partial charge in [0.1, 0.15) is 0 Å². The molecule has 0 bridgehead atoms. The molecule has 4 nitrogen and oxygen atoms in total. The molecule has 3 rings (SSSR count).